The minimum atomic E-state index is -0.506. The molecule has 0 radical (unpaired) electrons. The Morgan fingerprint density at radius 3 is 2.93 bits per heavy atom. The van der Waals surface area contributed by atoms with E-state index in [0.717, 1.165) is 35.9 Å². The minimum Gasteiger partial charge on any atom is -0.493 e. The van der Waals surface area contributed by atoms with Crippen molar-refractivity contribution in [3.05, 3.63) is 34.4 Å². The van der Waals surface area contributed by atoms with Gasteiger partial charge < -0.3 is 19.1 Å². The fourth-order valence-corrected chi connectivity index (χ4v) is 8.56. The lowest BCUT2D eigenvalue weighted by molar-refractivity contribution is -0.205. The van der Waals surface area contributed by atoms with Crippen LogP contribution in [0.3, 0.4) is 0 Å². The van der Waals surface area contributed by atoms with E-state index in [4.69, 9.17) is 25.8 Å². The number of likely N-dealkylation sites (N-methyl/N-ethyl adjacent to an activating group) is 1. The number of fused-ring (bicyclic) bond motifs is 1. The third-order valence-electron chi connectivity index (χ3n) is 9.09. The van der Waals surface area contributed by atoms with Gasteiger partial charge in [-0.3, -0.25) is 4.79 Å². The van der Waals surface area contributed by atoms with Crippen LogP contribution >= 0.6 is 11.6 Å². The van der Waals surface area contributed by atoms with Crippen LogP contribution in [0.1, 0.15) is 37.8 Å². The fourth-order valence-electron chi connectivity index (χ4n) is 8.08. The number of nitrogens with zero attached hydrogens (tertiary/aromatic N) is 1. The molecule has 0 amide bonds. The predicted molar refractivity (Wildman–Crippen MR) is 113 cm³/mol. The maximum absolute atomic E-state index is 13.4. The summed E-state index contributed by atoms with van der Waals surface area (Å²) in [6.07, 6.45) is 4.71. The summed E-state index contributed by atoms with van der Waals surface area (Å²) in [5.41, 5.74) is 1.31. The van der Waals surface area contributed by atoms with Gasteiger partial charge in [0, 0.05) is 28.0 Å². The molecular formula is C24H28ClNO4. The molecule has 1 saturated heterocycles. The van der Waals surface area contributed by atoms with Gasteiger partial charge in [-0.2, -0.15) is 0 Å². The molecule has 4 bridgehead atoms. The first-order valence-corrected chi connectivity index (χ1v) is 11.4. The van der Waals surface area contributed by atoms with E-state index in [2.05, 4.69) is 31.0 Å². The van der Waals surface area contributed by atoms with E-state index < -0.39 is 11.0 Å². The van der Waals surface area contributed by atoms with Gasteiger partial charge >= 0.3 is 5.97 Å². The smallest absolute Gasteiger partial charge is 0.309 e. The van der Waals surface area contributed by atoms with Crippen LogP contribution in [0.5, 0.6) is 11.5 Å². The zero-order chi connectivity index (χ0) is 21.1. The van der Waals surface area contributed by atoms with Crippen LogP contribution in [0.4, 0.5) is 0 Å². The molecule has 2 aliphatic heterocycles. The largest absolute Gasteiger partial charge is 0.493 e. The van der Waals surface area contributed by atoms with Crippen molar-refractivity contribution >= 4 is 17.6 Å². The highest BCUT2D eigenvalue weighted by Gasteiger charge is 2.82. The number of likely N-dealkylation sites (tertiary alicyclic amines) is 1. The van der Waals surface area contributed by atoms with Crippen molar-refractivity contribution in [2.75, 3.05) is 27.3 Å². The first-order chi connectivity index (χ1) is 14.4. The Hall–Kier alpha value is -1.72. The normalized spacial score (nSPS) is 42.3. The second-order valence-corrected chi connectivity index (χ2v) is 10.2. The van der Waals surface area contributed by atoms with E-state index in [1.54, 1.807) is 7.11 Å². The van der Waals surface area contributed by atoms with E-state index >= 15 is 0 Å². The highest BCUT2D eigenvalue weighted by Crippen LogP contribution is 2.78. The Labute approximate surface area is 182 Å². The molecule has 2 fully saturated rings. The SMILES string of the molecule is CCOC(=O)[C@@H]1C[C@@H]2C(Cl)=C[C@@]13[C@@H]1Cc4ccc(OC)c5c4[C@@]3(CCN1C)[C@]2(C)O5. The Bertz CT molecular complexity index is 1010. The third-order valence-corrected chi connectivity index (χ3v) is 9.46. The molecule has 4 aliphatic carbocycles. The van der Waals surface area contributed by atoms with E-state index in [9.17, 15) is 4.79 Å². The number of piperidine rings is 1. The molecule has 1 aromatic carbocycles. The molecule has 5 nitrogen and oxygen atoms in total. The van der Waals surface area contributed by atoms with E-state index in [-0.39, 0.29) is 29.3 Å². The Kier molecular flexibility index (Phi) is 3.64. The Morgan fingerprint density at radius 2 is 2.20 bits per heavy atom. The average molecular weight is 430 g/mol. The summed E-state index contributed by atoms with van der Waals surface area (Å²) in [4.78, 5) is 15.8. The molecule has 6 aliphatic rings. The van der Waals surface area contributed by atoms with Gasteiger partial charge in [0.25, 0.3) is 0 Å². The number of carbonyl (C=O) groups excluding carboxylic acids is 1. The Balaban J connectivity index is 1.72. The van der Waals surface area contributed by atoms with Crippen molar-refractivity contribution < 1.29 is 19.0 Å². The molecule has 6 atom stereocenters. The molecule has 0 aromatic heterocycles. The number of carbonyl (C=O) groups is 1. The summed E-state index contributed by atoms with van der Waals surface area (Å²) in [5.74, 6) is 1.28. The molecular weight excluding hydrogens is 402 g/mol. The van der Waals surface area contributed by atoms with Crippen LogP contribution in [0.25, 0.3) is 0 Å². The number of hydrogen-bond donors (Lipinski definition) is 0. The van der Waals surface area contributed by atoms with Crippen LogP contribution in [-0.4, -0.2) is 49.8 Å². The zero-order valence-corrected chi connectivity index (χ0v) is 18.7. The summed E-state index contributed by atoms with van der Waals surface area (Å²) in [7, 11) is 3.88. The zero-order valence-electron chi connectivity index (χ0n) is 18.0. The van der Waals surface area contributed by atoms with E-state index in [0.29, 0.717) is 13.0 Å². The average Bonchev–Trinajstić information content (AvgIpc) is 2.99. The molecule has 7 rings (SSSR count). The standard InChI is InChI=1S/C24H28ClNO4/c1-5-29-21(27)15-11-14-16(25)12-23(15)18-10-13-6-7-17(28-4)20-19(13)24(23,8-9-26(18)3)22(14,2)30-20/h6-7,12,14-15,18H,5,8-11H2,1-4H3/t14-,15+,18+,22-,23+,24+/m1/s1. The number of hydrogen-bond acceptors (Lipinski definition) is 5. The first kappa shape index (κ1) is 19.0. The van der Waals surface area contributed by atoms with Crippen molar-refractivity contribution in [2.45, 2.75) is 50.2 Å². The molecule has 0 unspecified atom stereocenters. The van der Waals surface area contributed by atoms with Gasteiger partial charge in [0.15, 0.2) is 11.5 Å². The third kappa shape index (κ3) is 1.74. The quantitative estimate of drug-likeness (QED) is 0.686. The highest BCUT2D eigenvalue weighted by molar-refractivity contribution is 6.30. The number of methoxy groups -OCH3 is 1. The van der Waals surface area contributed by atoms with Gasteiger partial charge in [0.05, 0.1) is 25.0 Å². The lowest BCUT2D eigenvalue weighted by atomic mass is 9.33. The summed E-state index contributed by atoms with van der Waals surface area (Å²) in [5, 5.41) is 0.837. The summed E-state index contributed by atoms with van der Waals surface area (Å²) >= 11 is 6.96. The van der Waals surface area contributed by atoms with Crippen molar-refractivity contribution in [3.8, 4) is 11.5 Å². The first-order valence-electron chi connectivity index (χ1n) is 11.0. The number of ether oxygens (including phenoxy) is 3. The maximum atomic E-state index is 13.4. The van der Waals surface area contributed by atoms with Crippen LogP contribution < -0.4 is 9.47 Å². The van der Waals surface area contributed by atoms with Crippen molar-refractivity contribution in [2.24, 2.45) is 17.3 Å². The lowest BCUT2D eigenvalue weighted by Gasteiger charge is -2.72. The summed E-state index contributed by atoms with van der Waals surface area (Å²) < 4.78 is 18.3. The van der Waals surface area contributed by atoms with Crippen LogP contribution in [0.15, 0.2) is 23.2 Å². The predicted octanol–water partition coefficient (Wildman–Crippen LogP) is 3.67. The molecule has 160 valence electrons. The van der Waals surface area contributed by atoms with Gasteiger partial charge in [-0.15, -0.1) is 0 Å². The molecule has 1 aromatic rings. The second kappa shape index (κ2) is 5.74. The highest BCUT2D eigenvalue weighted by atomic mass is 35.5. The molecule has 2 spiro atoms. The summed E-state index contributed by atoms with van der Waals surface area (Å²) in [6, 6.07) is 4.39. The molecule has 6 heteroatoms. The second-order valence-electron chi connectivity index (χ2n) is 9.75. The topological polar surface area (TPSA) is 48.0 Å². The lowest BCUT2D eigenvalue weighted by Crippen LogP contribution is -2.80. The van der Waals surface area contributed by atoms with E-state index in [1.807, 2.05) is 13.0 Å². The molecule has 0 N–H and O–H groups in total. The van der Waals surface area contributed by atoms with Crippen molar-refractivity contribution in [1.29, 1.82) is 0 Å². The number of rotatable bonds is 3. The van der Waals surface area contributed by atoms with Gasteiger partial charge in [-0.1, -0.05) is 23.7 Å². The van der Waals surface area contributed by atoms with Gasteiger partial charge in [-0.25, -0.2) is 0 Å². The number of benzene rings is 1. The van der Waals surface area contributed by atoms with Crippen LogP contribution in [0.2, 0.25) is 0 Å². The van der Waals surface area contributed by atoms with Gasteiger partial charge in [-0.05, 0) is 58.3 Å². The van der Waals surface area contributed by atoms with Crippen molar-refractivity contribution in [1.82, 2.24) is 4.90 Å². The van der Waals surface area contributed by atoms with Gasteiger partial charge in [0.1, 0.15) is 5.60 Å². The Morgan fingerprint density at radius 1 is 1.40 bits per heavy atom. The minimum absolute atomic E-state index is 0.0393. The van der Waals surface area contributed by atoms with Crippen molar-refractivity contribution in [3.63, 3.8) is 0 Å². The van der Waals surface area contributed by atoms with Crippen LogP contribution in [0, 0.1) is 17.3 Å². The number of esters is 1. The monoisotopic (exact) mass is 429 g/mol. The number of halogens is 1. The molecule has 2 heterocycles. The maximum Gasteiger partial charge on any atom is 0.309 e. The molecule has 1 saturated carbocycles. The van der Waals surface area contributed by atoms with E-state index in [1.165, 1.54) is 11.1 Å². The summed E-state index contributed by atoms with van der Waals surface area (Å²) in [6.45, 7) is 5.46. The van der Waals surface area contributed by atoms with Crippen LogP contribution in [-0.2, 0) is 21.4 Å². The van der Waals surface area contributed by atoms with Gasteiger partial charge in [0.2, 0.25) is 0 Å². The molecule has 30 heavy (non-hydrogen) atoms. The fraction of sp³-hybridized carbons (Fsp3) is 0.625.